The molecule has 0 bridgehead atoms. The number of aromatic nitrogens is 2. The predicted octanol–water partition coefficient (Wildman–Crippen LogP) is 4.00. The van der Waals surface area contributed by atoms with E-state index in [-0.39, 0.29) is 10.8 Å². The zero-order valence-electron chi connectivity index (χ0n) is 19.7. The van der Waals surface area contributed by atoms with Crippen LogP contribution in [0.4, 0.5) is 17.3 Å². The average Bonchev–Trinajstić information content (AvgIpc) is 2.88. The summed E-state index contributed by atoms with van der Waals surface area (Å²) >= 11 is 0. The van der Waals surface area contributed by atoms with E-state index in [1.54, 1.807) is 48.8 Å². The van der Waals surface area contributed by atoms with E-state index in [1.807, 2.05) is 24.3 Å². The standard InChI is InChI=1S/C27H25N5O3S/c1-36(34,35)22-8-6-21(7-9-22)31-26-14-24-20(16-30-26)10-12-29-27(24)32-13-11-23(25(33)17-32)19-4-2-18(15-28)3-5-19/h2-10,12,14,16,23,25,33H,11,13,17H2,1H3,(H,30,31). The summed E-state index contributed by atoms with van der Waals surface area (Å²) < 4.78 is 23.4. The van der Waals surface area contributed by atoms with Crippen LogP contribution in [0.5, 0.6) is 0 Å². The van der Waals surface area contributed by atoms with Crippen molar-refractivity contribution in [2.75, 3.05) is 29.6 Å². The lowest BCUT2D eigenvalue weighted by atomic mass is 9.86. The third kappa shape index (κ3) is 4.87. The van der Waals surface area contributed by atoms with E-state index in [9.17, 15) is 13.5 Å². The van der Waals surface area contributed by atoms with Crippen molar-refractivity contribution in [3.63, 3.8) is 0 Å². The molecule has 182 valence electrons. The molecule has 1 aliphatic heterocycles. The van der Waals surface area contributed by atoms with Gasteiger partial charge in [-0.2, -0.15) is 5.26 Å². The number of hydrogen-bond donors (Lipinski definition) is 2. The number of β-amino-alcohol motifs (C(OH)–C–C–N with tert-alkyl or cyclic N) is 1. The monoisotopic (exact) mass is 499 g/mol. The van der Waals surface area contributed by atoms with Crippen molar-refractivity contribution >= 4 is 37.9 Å². The first-order valence-electron chi connectivity index (χ1n) is 11.6. The minimum absolute atomic E-state index is 0.00206. The molecule has 2 N–H and O–H groups in total. The summed E-state index contributed by atoms with van der Waals surface area (Å²) in [7, 11) is -3.26. The number of nitrogens with zero attached hydrogens (tertiary/aromatic N) is 4. The number of rotatable bonds is 5. The Bertz CT molecular complexity index is 1550. The van der Waals surface area contributed by atoms with Gasteiger partial charge in [-0.15, -0.1) is 0 Å². The molecule has 1 aliphatic rings. The fraction of sp³-hybridized carbons (Fsp3) is 0.222. The molecule has 0 amide bonds. The summed E-state index contributed by atoms with van der Waals surface area (Å²) in [6.45, 7) is 1.17. The van der Waals surface area contributed by atoms with Gasteiger partial charge in [-0.25, -0.2) is 18.4 Å². The highest BCUT2D eigenvalue weighted by molar-refractivity contribution is 7.90. The number of aliphatic hydroxyl groups is 1. The summed E-state index contributed by atoms with van der Waals surface area (Å²) in [5.41, 5.74) is 2.36. The van der Waals surface area contributed by atoms with Gasteiger partial charge in [0.25, 0.3) is 0 Å². The minimum atomic E-state index is -3.26. The first-order valence-corrected chi connectivity index (χ1v) is 13.5. The van der Waals surface area contributed by atoms with Gasteiger partial charge in [0.1, 0.15) is 11.6 Å². The van der Waals surface area contributed by atoms with Gasteiger partial charge in [-0.3, -0.25) is 0 Å². The molecule has 1 fully saturated rings. The van der Waals surface area contributed by atoms with E-state index < -0.39 is 15.9 Å². The molecule has 8 nitrogen and oxygen atoms in total. The normalized spacial score (nSPS) is 18.1. The predicted molar refractivity (Wildman–Crippen MR) is 139 cm³/mol. The van der Waals surface area contributed by atoms with Gasteiger partial charge in [0, 0.05) is 54.1 Å². The highest BCUT2D eigenvalue weighted by Crippen LogP contribution is 2.34. The number of aliphatic hydroxyl groups excluding tert-OH is 1. The van der Waals surface area contributed by atoms with Crippen LogP contribution in [0.1, 0.15) is 23.5 Å². The van der Waals surface area contributed by atoms with E-state index in [4.69, 9.17) is 5.26 Å². The molecular formula is C27H25N5O3S. The molecule has 9 heteroatoms. The Kier molecular flexibility index (Phi) is 6.31. The molecule has 0 saturated carbocycles. The molecule has 0 aliphatic carbocycles. The zero-order chi connectivity index (χ0) is 25.3. The molecule has 0 spiro atoms. The molecule has 2 unspecified atom stereocenters. The topological polar surface area (TPSA) is 119 Å². The van der Waals surface area contributed by atoms with Crippen LogP contribution in [0, 0.1) is 11.3 Å². The molecule has 0 radical (unpaired) electrons. The summed E-state index contributed by atoms with van der Waals surface area (Å²) in [5, 5.41) is 25.1. The number of nitriles is 1. The van der Waals surface area contributed by atoms with Crippen molar-refractivity contribution in [1.82, 2.24) is 9.97 Å². The quantitative estimate of drug-likeness (QED) is 0.423. The van der Waals surface area contributed by atoms with E-state index in [1.165, 1.54) is 6.26 Å². The Hall–Kier alpha value is -4.00. The van der Waals surface area contributed by atoms with Gasteiger partial charge in [0.2, 0.25) is 0 Å². The van der Waals surface area contributed by atoms with E-state index in [0.29, 0.717) is 17.9 Å². The maximum absolute atomic E-state index is 11.7. The number of hydrogen-bond acceptors (Lipinski definition) is 8. The molecule has 1 saturated heterocycles. The highest BCUT2D eigenvalue weighted by atomic mass is 32.2. The molecule has 5 rings (SSSR count). The Morgan fingerprint density at radius 1 is 1.08 bits per heavy atom. The fourth-order valence-electron chi connectivity index (χ4n) is 4.62. The zero-order valence-corrected chi connectivity index (χ0v) is 20.5. The molecule has 2 aromatic carbocycles. The van der Waals surface area contributed by atoms with Crippen molar-refractivity contribution in [2.45, 2.75) is 23.3 Å². The van der Waals surface area contributed by atoms with Crippen LogP contribution in [0.2, 0.25) is 0 Å². The van der Waals surface area contributed by atoms with Gasteiger partial charge in [-0.1, -0.05) is 12.1 Å². The molecule has 2 aromatic heterocycles. The second-order valence-electron chi connectivity index (χ2n) is 8.99. The number of pyridine rings is 2. The van der Waals surface area contributed by atoms with Crippen LogP contribution in [0.3, 0.4) is 0 Å². The summed E-state index contributed by atoms with van der Waals surface area (Å²) in [6.07, 6.45) is 4.88. The first kappa shape index (κ1) is 23.7. The first-order chi connectivity index (χ1) is 17.3. The third-order valence-corrected chi connectivity index (χ3v) is 7.66. The van der Waals surface area contributed by atoms with Crippen molar-refractivity contribution in [3.05, 3.63) is 84.2 Å². The SMILES string of the molecule is CS(=O)(=O)c1ccc(Nc2cc3c(N4CCC(c5ccc(C#N)cc5)C(O)C4)nccc3cn2)cc1. The van der Waals surface area contributed by atoms with Gasteiger partial charge in [-0.05, 0) is 60.5 Å². The third-order valence-electron chi connectivity index (χ3n) is 6.53. The lowest BCUT2D eigenvalue weighted by Crippen LogP contribution is -2.43. The number of benzene rings is 2. The van der Waals surface area contributed by atoms with Crippen molar-refractivity contribution in [2.24, 2.45) is 0 Å². The van der Waals surface area contributed by atoms with Crippen LogP contribution in [0.25, 0.3) is 10.8 Å². The van der Waals surface area contributed by atoms with Gasteiger partial charge < -0.3 is 15.3 Å². The van der Waals surface area contributed by atoms with E-state index in [0.717, 1.165) is 40.8 Å². The Labute approximate surface area is 209 Å². The largest absolute Gasteiger partial charge is 0.391 e. The molecular weight excluding hydrogens is 474 g/mol. The number of piperidine rings is 1. The van der Waals surface area contributed by atoms with E-state index in [2.05, 4.69) is 26.3 Å². The summed E-state index contributed by atoms with van der Waals surface area (Å²) in [6, 6.07) is 19.9. The molecule has 3 heterocycles. The Morgan fingerprint density at radius 2 is 1.83 bits per heavy atom. The maximum atomic E-state index is 11.7. The van der Waals surface area contributed by atoms with E-state index >= 15 is 0 Å². The number of nitrogens with one attached hydrogen (secondary N) is 1. The van der Waals surface area contributed by atoms with Crippen LogP contribution in [-0.2, 0) is 9.84 Å². The Balaban J connectivity index is 1.37. The fourth-order valence-corrected chi connectivity index (χ4v) is 5.25. The lowest BCUT2D eigenvalue weighted by molar-refractivity contribution is 0.129. The molecule has 4 aromatic rings. The average molecular weight is 500 g/mol. The molecule has 36 heavy (non-hydrogen) atoms. The van der Waals surface area contributed by atoms with Gasteiger partial charge in [0.15, 0.2) is 9.84 Å². The number of fused-ring (bicyclic) bond motifs is 1. The maximum Gasteiger partial charge on any atom is 0.175 e. The second kappa shape index (κ2) is 9.57. The highest BCUT2D eigenvalue weighted by Gasteiger charge is 2.30. The van der Waals surface area contributed by atoms with Gasteiger partial charge >= 0.3 is 0 Å². The van der Waals surface area contributed by atoms with Crippen LogP contribution in [0.15, 0.2) is 78.0 Å². The number of sulfone groups is 1. The van der Waals surface area contributed by atoms with Crippen molar-refractivity contribution < 1.29 is 13.5 Å². The minimum Gasteiger partial charge on any atom is -0.391 e. The molecule has 2 atom stereocenters. The van der Waals surface area contributed by atoms with Crippen LogP contribution >= 0.6 is 0 Å². The Morgan fingerprint density at radius 3 is 2.50 bits per heavy atom. The summed E-state index contributed by atoms with van der Waals surface area (Å²) in [4.78, 5) is 11.5. The van der Waals surface area contributed by atoms with Crippen LogP contribution in [-0.4, -0.2) is 48.9 Å². The smallest absolute Gasteiger partial charge is 0.175 e. The van der Waals surface area contributed by atoms with Crippen LogP contribution < -0.4 is 10.2 Å². The number of anilines is 3. The van der Waals surface area contributed by atoms with Gasteiger partial charge in [0.05, 0.1) is 22.6 Å². The van der Waals surface area contributed by atoms with Crippen molar-refractivity contribution in [1.29, 1.82) is 5.26 Å². The lowest BCUT2D eigenvalue weighted by Gasteiger charge is -2.37. The second-order valence-corrected chi connectivity index (χ2v) is 11.0. The summed E-state index contributed by atoms with van der Waals surface area (Å²) in [5.74, 6) is 1.39. The van der Waals surface area contributed by atoms with Crippen molar-refractivity contribution in [3.8, 4) is 6.07 Å².